The highest BCUT2D eigenvalue weighted by Gasteiger charge is 2.16. The van der Waals surface area contributed by atoms with Crippen molar-refractivity contribution in [3.8, 4) is 0 Å². The molecule has 0 aromatic carbocycles. The zero-order valence-corrected chi connectivity index (χ0v) is 8.97. The van der Waals surface area contributed by atoms with Crippen molar-refractivity contribution >= 4 is 5.82 Å². The Morgan fingerprint density at radius 1 is 1.43 bits per heavy atom. The maximum absolute atomic E-state index is 12.8. The van der Waals surface area contributed by atoms with Gasteiger partial charge in [0.25, 0.3) is 0 Å². The Kier molecular flexibility index (Phi) is 3.44. The molecule has 0 fully saturated rings. The summed E-state index contributed by atoms with van der Waals surface area (Å²) in [6, 6.07) is 4.78. The lowest BCUT2D eigenvalue weighted by atomic mass is 9.99. The number of aromatic nitrogens is 1. The molecule has 0 saturated heterocycles. The van der Waals surface area contributed by atoms with E-state index in [1.165, 1.54) is 6.07 Å². The maximum Gasteiger partial charge on any atom is 0.214 e. The van der Waals surface area contributed by atoms with Gasteiger partial charge in [-0.15, -0.1) is 0 Å². The fourth-order valence-electron chi connectivity index (χ4n) is 1.51. The summed E-state index contributed by atoms with van der Waals surface area (Å²) in [7, 11) is 0. The van der Waals surface area contributed by atoms with Crippen molar-refractivity contribution in [3.63, 3.8) is 0 Å². The van der Waals surface area contributed by atoms with E-state index in [1.807, 2.05) is 0 Å². The molecular weight excluding hydrogens is 179 g/mol. The van der Waals surface area contributed by atoms with E-state index in [0.717, 1.165) is 12.8 Å². The summed E-state index contributed by atoms with van der Waals surface area (Å²) in [4.78, 5) is 3.76. The van der Waals surface area contributed by atoms with E-state index in [9.17, 15) is 4.39 Å². The van der Waals surface area contributed by atoms with Gasteiger partial charge in [0.05, 0.1) is 0 Å². The van der Waals surface area contributed by atoms with Crippen LogP contribution in [0.3, 0.4) is 0 Å². The van der Waals surface area contributed by atoms with Crippen LogP contribution in [0.4, 0.5) is 10.2 Å². The smallest absolute Gasteiger partial charge is 0.214 e. The highest BCUT2D eigenvalue weighted by atomic mass is 19.1. The SMILES string of the molecule is CCCC(C)(C)Nc1cccc(F)n1. The first-order chi connectivity index (χ1) is 6.53. The van der Waals surface area contributed by atoms with Gasteiger partial charge in [-0.1, -0.05) is 19.4 Å². The highest BCUT2D eigenvalue weighted by Crippen LogP contribution is 2.17. The molecule has 1 N–H and O–H groups in total. The van der Waals surface area contributed by atoms with E-state index < -0.39 is 5.95 Å². The molecule has 1 aromatic heterocycles. The number of halogens is 1. The van der Waals surface area contributed by atoms with E-state index in [-0.39, 0.29) is 5.54 Å². The average molecular weight is 196 g/mol. The number of rotatable bonds is 4. The molecule has 0 saturated carbocycles. The first kappa shape index (κ1) is 11.0. The van der Waals surface area contributed by atoms with Crippen LogP contribution < -0.4 is 5.32 Å². The minimum absolute atomic E-state index is 0.0322. The first-order valence-corrected chi connectivity index (χ1v) is 4.94. The minimum atomic E-state index is -0.442. The summed E-state index contributed by atoms with van der Waals surface area (Å²) >= 11 is 0. The molecule has 0 spiro atoms. The molecule has 3 heteroatoms. The normalized spacial score (nSPS) is 11.4. The van der Waals surface area contributed by atoms with Crippen LogP contribution in [0, 0.1) is 5.95 Å². The summed E-state index contributed by atoms with van der Waals surface area (Å²) in [5.74, 6) is 0.158. The Morgan fingerprint density at radius 2 is 2.14 bits per heavy atom. The van der Waals surface area contributed by atoms with Crippen molar-refractivity contribution < 1.29 is 4.39 Å². The van der Waals surface area contributed by atoms with Crippen LogP contribution in [0.5, 0.6) is 0 Å². The van der Waals surface area contributed by atoms with Crippen molar-refractivity contribution in [2.45, 2.75) is 39.2 Å². The fraction of sp³-hybridized carbons (Fsp3) is 0.545. The number of pyridine rings is 1. The molecule has 14 heavy (non-hydrogen) atoms. The number of hydrogen-bond donors (Lipinski definition) is 1. The third-order valence-corrected chi connectivity index (χ3v) is 2.06. The second kappa shape index (κ2) is 4.40. The third kappa shape index (κ3) is 3.32. The lowest BCUT2D eigenvalue weighted by molar-refractivity contribution is 0.505. The lowest BCUT2D eigenvalue weighted by Gasteiger charge is -2.26. The summed E-state index contributed by atoms with van der Waals surface area (Å²) in [5.41, 5.74) is -0.0322. The minimum Gasteiger partial charge on any atom is -0.365 e. The number of hydrogen-bond acceptors (Lipinski definition) is 2. The highest BCUT2D eigenvalue weighted by molar-refractivity contribution is 5.36. The molecule has 0 atom stereocenters. The third-order valence-electron chi connectivity index (χ3n) is 2.06. The van der Waals surface area contributed by atoms with Gasteiger partial charge in [0, 0.05) is 5.54 Å². The van der Waals surface area contributed by atoms with Crippen molar-refractivity contribution in [3.05, 3.63) is 24.1 Å². The van der Waals surface area contributed by atoms with Gasteiger partial charge in [-0.2, -0.15) is 4.39 Å². The van der Waals surface area contributed by atoms with Gasteiger partial charge in [0.2, 0.25) is 5.95 Å². The van der Waals surface area contributed by atoms with E-state index in [2.05, 4.69) is 31.1 Å². The zero-order valence-electron chi connectivity index (χ0n) is 8.97. The molecule has 0 radical (unpaired) electrons. The monoisotopic (exact) mass is 196 g/mol. The van der Waals surface area contributed by atoms with Crippen LogP contribution in [0.25, 0.3) is 0 Å². The predicted molar refractivity (Wildman–Crippen MR) is 56.8 cm³/mol. The Bertz CT molecular complexity index is 297. The van der Waals surface area contributed by atoms with E-state index >= 15 is 0 Å². The van der Waals surface area contributed by atoms with Crippen LogP contribution in [0.2, 0.25) is 0 Å². The van der Waals surface area contributed by atoms with Gasteiger partial charge in [-0.05, 0) is 32.4 Å². The van der Waals surface area contributed by atoms with Gasteiger partial charge in [0.1, 0.15) is 5.82 Å². The van der Waals surface area contributed by atoms with Crippen LogP contribution >= 0.6 is 0 Å². The van der Waals surface area contributed by atoms with Gasteiger partial charge in [-0.25, -0.2) is 4.98 Å². The standard InChI is InChI=1S/C11H17FN2/c1-4-8-11(2,3)14-10-7-5-6-9(12)13-10/h5-7H,4,8H2,1-3H3,(H,13,14). The van der Waals surface area contributed by atoms with Gasteiger partial charge >= 0.3 is 0 Å². The Hall–Kier alpha value is -1.12. The largest absolute Gasteiger partial charge is 0.365 e. The summed E-state index contributed by atoms with van der Waals surface area (Å²) < 4.78 is 12.8. The second-order valence-electron chi connectivity index (χ2n) is 4.10. The van der Waals surface area contributed by atoms with Crippen molar-refractivity contribution in [1.29, 1.82) is 0 Å². The van der Waals surface area contributed by atoms with Crippen molar-refractivity contribution in [2.24, 2.45) is 0 Å². The van der Waals surface area contributed by atoms with E-state index in [4.69, 9.17) is 0 Å². The van der Waals surface area contributed by atoms with Gasteiger partial charge < -0.3 is 5.32 Å². The van der Waals surface area contributed by atoms with E-state index in [0.29, 0.717) is 5.82 Å². The lowest BCUT2D eigenvalue weighted by Crippen LogP contribution is -2.30. The number of nitrogens with one attached hydrogen (secondary N) is 1. The Balaban J connectivity index is 2.68. The molecule has 1 rings (SSSR count). The van der Waals surface area contributed by atoms with E-state index in [1.54, 1.807) is 12.1 Å². The maximum atomic E-state index is 12.8. The topological polar surface area (TPSA) is 24.9 Å². The van der Waals surface area contributed by atoms with Gasteiger partial charge in [-0.3, -0.25) is 0 Å². The van der Waals surface area contributed by atoms with Crippen LogP contribution in [0.15, 0.2) is 18.2 Å². The molecule has 0 aliphatic carbocycles. The molecule has 1 heterocycles. The fourth-order valence-corrected chi connectivity index (χ4v) is 1.51. The van der Waals surface area contributed by atoms with Crippen molar-refractivity contribution in [2.75, 3.05) is 5.32 Å². The zero-order chi connectivity index (χ0) is 10.6. The average Bonchev–Trinajstić information content (AvgIpc) is 2.02. The Morgan fingerprint density at radius 3 is 2.71 bits per heavy atom. The second-order valence-corrected chi connectivity index (χ2v) is 4.10. The number of anilines is 1. The molecule has 1 aromatic rings. The Labute approximate surface area is 84.6 Å². The van der Waals surface area contributed by atoms with Crippen LogP contribution in [-0.4, -0.2) is 10.5 Å². The molecule has 0 aliphatic rings. The summed E-state index contributed by atoms with van der Waals surface area (Å²) in [5, 5.41) is 3.21. The molecule has 0 aliphatic heterocycles. The summed E-state index contributed by atoms with van der Waals surface area (Å²) in [6.45, 7) is 6.30. The molecule has 2 nitrogen and oxygen atoms in total. The molecule has 0 unspecified atom stereocenters. The number of nitrogens with zero attached hydrogens (tertiary/aromatic N) is 1. The molecular formula is C11H17FN2. The predicted octanol–water partition coefficient (Wildman–Crippen LogP) is 3.21. The van der Waals surface area contributed by atoms with Crippen LogP contribution in [0.1, 0.15) is 33.6 Å². The van der Waals surface area contributed by atoms with Crippen molar-refractivity contribution in [1.82, 2.24) is 4.98 Å². The van der Waals surface area contributed by atoms with Crippen LogP contribution in [-0.2, 0) is 0 Å². The first-order valence-electron chi connectivity index (χ1n) is 4.94. The quantitative estimate of drug-likeness (QED) is 0.748. The molecule has 0 amide bonds. The summed E-state index contributed by atoms with van der Waals surface area (Å²) in [6.07, 6.45) is 2.13. The molecule has 0 bridgehead atoms. The van der Waals surface area contributed by atoms with Gasteiger partial charge in [0.15, 0.2) is 0 Å². The molecule has 78 valence electrons.